The van der Waals surface area contributed by atoms with E-state index in [1.807, 2.05) is 0 Å². The Bertz CT molecular complexity index is 430. The molecule has 0 spiro atoms. The minimum Gasteiger partial charge on any atom is -0.383 e. The van der Waals surface area contributed by atoms with Gasteiger partial charge < -0.3 is 4.74 Å². The van der Waals surface area contributed by atoms with Crippen LogP contribution in [0.15, 0.2) is 29.2 Å². The smallest absolute Gasteiger partial charge is 0.240 e. The van der Waals surface area contributed by atoms with E-state index in [9.17, 15) is 8.42 Å². The highest BCUT2D eigenvalue weighted by Crippen LogP contribution is 2.12. The van der Waals surface area contributed by atoms with Crippen molar-refractivity contribution in [2.75, 3.05) is 13.7 Å². The first-order valence-electron chi connectivity index (χ1n) is 4.72. The van der Waals surface area contributed by atoms with Gasteiger partial charge in [-0.3, -0.25) is 0 Å². The van der Waals surface area contributed by atoms with Crippen LogP contribution in [0.3, 0.4) is 0 Å². The van der Waals surface area contributed by atoms with Gasteiger partial charge in [0.2, 0.25) is 10.0 Å². The van der Waals surface area contributed by atoms with E-state index < -0.39 is 10.0 Å². The minimum atomic E-state index is -3.43. The molecule has 1 aromatic carbocycles. The molecule has 1 N–H and O–H groups in total. The summed E-state index contributed by atoms with van der Waals surface area (Å²) in [6.45, 7) is 2.11. The average Bonchev–Trinajstić information content (AvgIpc) is 2.17. The number of sulfonamides is 1. The van der Waals surface area contributed by atoms with Gasteiger partial charge >= 0.3 is 0 Å². The van der Waals surface area contributed by atoms with Crippen molar-refractivity contribution in [1.29, 1.82) is 0 Å². The maximum Gasteiger partial charge on any atom is 0.240 e. The zero-order valence-electron chi connectivity index (χ0n) is 9.10. The van der Waals surface area contributed by atoms with Gasteiger partial charge in [-0.25, -0.2) is 13.1 Å². The molecule has 0 aliphatic carbocycles. The number of ether oxygens (including phenoxy) is 1. The molecule has 0 bridgehead atoms. The van der Waals surface area contributed by atoms with Crippen molar-refractivity contribution in [2.45, 2.75) is 17.9 Å². The van der Waals surface area contributed by atoms with E-state index >= 15 is 0 Å². The SMILES string of the molecule is COCC(C)NS(=O)(=O)c1ccc(I)cc1. The molecule has 6 heteroatoms. The molecule has 0 aliphatic rings. The quantitative estimate of drug-likeness (QED) is 0.817. The zero-order valence-corrected chi connectivity index (χ0v) is 12.1. The summed E-state index contributed by atoms with van der Waals surface area (Å²) in [7, 11) is -1.89. The predicted molar refractivity (Wildman–Crippen MR) is 70.8 cm³/mol. The summed E-state index contributed by atoms with van der Waals surface area (Å²) in [6, 6.07) is 6.45. The average molecular weight is 355 g/mol. The van der Waals surface area contributed by atoms with Gasteiger partial charge in [0.1, 0.15) is 0 Å². The van der Waals surface area contributed by atoms with Gasteiger partial charge in [-0.2, -0.15) is 0 Å². The van der Waals surface area contributed by atoms with Crippen molar-refractivity contribution < 1.29 is 13.2 Å². The van der Waals surface area contributed by atoms with Crippen LogP contribution in [0.5, 0.6) is 0 Å². The van der Waals surface area contributed by atoms with E-state index in [2.05, 4.69) is 27.3 Å². The predicted octanol–water partition coefficient (Wildman–Crippen LogP) is 1.60. The monoisotopic (exact) mass is 355 g/mol. The Kier molecular flexibility index (Phi) is 5.16. The fourth-order valence-corrected chi connectivity index (χ4v) is 2.82. The number of rotatable bonds is 5. The maximum atomic E-state index is 11.9. The molecule has 4 nitrogen and oxygen atoms in total. The third-order valence-electron chi connectivity index (χ3n) is 1.90. The molecule has 90 valence electrons. The first-order chi connectivity index (χ1) is 7.45. The summed E-state index contributed by atoms with van der Waals surface area (Å²) in [4.78, 5) is 0.274. The van der Waals surface area contributed by atoms with Crippen LogP contribution < -0.4 is 4.72 Å². The second kappa shape index (κ2) is 5.95. The minimum absolute atomic E-state index is 0.241. The molecule has 0 aromatic heterocycles. The van der Waals surface area contributed by atoms with E-state index in [-0.39, 0.29) is 10.9 Å². The van der Waals surface area contributed by atoms with E-state index in [4.69, 9.17) is 4.74 Å². The van der Waals surface area contributed by atoms with Crippen molar-refractivity contribution in [3.63, 3.8) is 0 Å². The van der Waals surface area contributed by atoms with Crippen molar-refractivity contribution in [3.8, 4) is 0 Å². The van der Waals surface area contributed by atoms with Gasteiger partial charge in [-0.1, -0.05) is 0 Å². The Morgan fingerprint density at radius 1 is 1.38 bits per heavy atom. The zero-order chi connectivity index (χ0) is 12.2. The maximum absolute atomic E-state index is 11.9. The summed E-state index contributed by atoms with van der Waals surface area (Å²) in [5.41, 5.74) is 0. The third-order valence-corrected chi connectivity index (χ3v) is 4.22. The second-order valence-corrected chi connectivity index (χ2v) is 6.39. The fourth-order valence-electron chi connectivity index (χ4n) is 1.23. The van der Waals surface area contributed by atoms with Crippen LogP contribution in [-0.4, -0.2) is 28.2 Å². The van der Waals surface area contributed by atoms with E-state index in [0.717, 1.165) is 3.57 Å². The first kappa shape index (κ1) is 13.9. The number of benzene rings is 1. The molecule has 0 aliphatic heterocycles. The van der Waals surface area contributed by atoms with Crippen LogP contribution in [-0.2, 0) is 14.8 Å². The number of methoxy groups -OCH3 is 1. The molecule has 16 heavy (non-hydrogen) atoms. The van der Waals surface area contributed by atoms with Gasteiger partial charge in [0.25, 0.3) is 0 Å². The van der Waals surface area contributed by atoms with Crippen molar-refractivity contribution in [3.05, 3.63) is 27.8 Å². The molecular formula is C10H14INO3S. The fraction of sp³-hybridized carbons (Fsp3) is 0.400. The Balaban J connectivity index is 2.82. The number of hydrogen-bond acceptors (Lipinski definition) is 3. The first-order valence-corrected chi connectivity index (χ1v) is 7.29. The standard InChI is InChI=1S/C10H14INO3S/c1-8(7-15-2)12-16(13,14)10-5-3-9(11)4-6-10/h3-6,8,12H,7H2,1-2H3. The molecule has 0 heterocycles. The second-order valence-electron chi connectivity index (χ2n) is 3.43. The Labute approximate surface area is 110 Å². The molecular weight excluding hydrogens is 341 g/mol. The highest BCUT2D eigenvalue weighted by molar-refractivity contribution is 14.1. The summed E-state index contributed by atoms with van der Waals surface area (Å²) in [6.07, 6.45) is 0. The Hall–Kier alpha value is -0.180. The molecule has 0 saturated heterocycles. The van der Waals surface area contributed by atoms with Gasteiger partial charge in [0.15, 0.2) is 0 Å². The normalized spacial score (nSPS) is 13.7. The molecule has 0 saturated carbocycles. The Morgan fingerprint density at radius 2 is 1.94 bits per heavy atom. The Morgan fingerprint density at radius 3 is 2.44 bits per heavy atom. The molecule has 0 radical (unpaired) electrons. The number of halogens is 1. The number of nitrogens with one attached hydrogen (secondary N) is 1. The summed E-state index contributed by atoms with van der Waals surface area (Å²) in [5, 5.41) is 0. The van der Waals surface area contributed by atoms with Crippen LogP contribution in [0, 0.1) is 3.57 Å². The van der Waals surface area contributed by atoms with Crippen molar-refractivity contribution in [2.24, 2.45) is 0 Å². The summed E-state index contributed by atoms with van der Waals surface area (Å²) < 4.78 is 32.1. The lowest BCUT2D eigenvalue weighted by atomic mass is 10.4. The molecule has 0 fully saturated rings. The largest absolute Gasteiger partial charge is 0.383 e. The van der Waals surface area contributed by atoms with Gasteiger partial charge in [-0.15, -0.1) is 0 Å². The lowest BCUT2D eigenvalue weighted by molar-refractivity contribution is 0.180. The summed E-state index contributed by atoms with van der Waals surface area (Å²) in [5.74, 6) is 0. The van der Waals surface area contributed by atoms with E-state index in [1.165, 1.54) is 7.11 Å². The topological polar surface area (TPSA) is 55.4 Å². The van der Waals surface area contributed by atoms with E-state index in [1.54, 1.807) is 31.2 Å². The highest BCUT2D eigenvalue weighted by Gasteiger charge is 2.16. The van der Waals surface area contributed by atoms with Gasteiger partial charge in [-0.05, 0) is 53.8 Å². The molecule has 1 rings (SSSR count). The third kappa shape index (κ3) is 4.00. The van der Waals surface area contributed by atoms with Crippen LogP contribution in [0.1, 0.15) is 6.92 Å². The summed E-state index contributed by atoms with van der Waals surface area (Å²) >= 11 is 2.13. The van der Waals surface area contributed by atoms with E-state index in [0.29, 0.717) is 6.61 Å². The van der Waals surface area contributed by atoms with Crippen molar-refractivity contribution in [1.82, 2.24) is 4.72 Å². The van der Waals surface area contributed by atoms with Crippen LogP contribution in [0.2, 0.25) is 0 Å². The van der Waals surface area contributed by atoms with Crippen LogP contribution in [0.4, 0.5) is 0 Å². The molecule has 1 atom stereocenters. The number of hydrogen-bond donors (Lipinski definition) is 1. The highest BCUT2D eigenvalue weighted by atomic mass is 127. The lowest BCUT2D eigenvalue weighted by Crippen LogP contribution is -2.35. The van der Waals surface area contributed by atoms with Crippen LogP contribution in [0.25, 0.3) is 0 Å². The van der Waals surface area contributed by atoms with Gasteiger partial charge in [0, 0.05) is 16.7 Å². The lowest BCUT2D eigenvalue weighted by Gasteiger charge is -2.13. The van der Waals surface area contributed by atoms with Crippen molar-refractivity contribution >= 4 is 32.6 Å². The molecule has 0 amide bonds. The molecule has 1 unspecified atom stereocenters. The molecule has 1 aromatic rings. The van der Waals surface area contributed by atoms with Crippen LogP contribution >= 0.6 is 22.6 Å². The van der Waals surface area contributed by atoms with Gasteiger partial charge in [0.05, 0.1) is 11.5 Å².